The Morgan fingerprint density at radius 2 is 0.348 bits per heavy atom. The minimum Gasteiger partial charge on any atom is -0.258 e. The number of rotatable bonds is 19. The smallest absolute Gasteiger partial charge is 0.165 e. The zero-order valence-corrected chi connectivity index (χ0v) is 77.2. The molecule has 22 aromatic rings. The maximum atomic E-state index is 5.20. The molecule has 6 aromatic heterocycles. The lowest BCUT2D eigenvalue weighted by Crippen LogP contribution is -2.04. The van der Waals surface area contributed by atoms with Gasteiger partial charge >= 0.3 is 0 Å². The van der Waals surface area contributed by atoms with Gasteiger partial charge in [-0.05, 0) is 208 Å². The summed E-state index contributed by atoms with van der Waals surface area (Å²) in [4.78, 5) is 59.1. The summed E-state index contributed by atoms with van der Waals surface area (Å²) >= 11 is 0. The normalized spacial score (nSPS) is 11.0. The van der Waals surface area contributed by atoms with E-state index < -0.39 is 0 Å². The molecule has 0 aliphatic rings. The molecule has 138 heavy (non-hydrogen) atoms. The third-order valence-corrected chi connectivity index (χ3v) is 24.4. The van der Waals surface area contributed by atoms with E-state index in [4.69, 9.17) is 49.8 Å². The summed E-state index contributed by atoms with van der Waals surface area (Å²) < 4.78 is 0. The highest BCUT2D eigenvalue weighted by Crippen LogP contribution is 2.46. The summed E-state index contributed by atoms with van der Waals surface area (Å²) in [7, 11) is 0. The molecule has 0 atom stereocenters. The highest BCUT2D eigenvalue weighted by Gasteiger charge is 2.25. The third kappa shape index (κ3) is 20.0. The van der Waals surface area contributed by atoms with E-state index in [0.29, 0.717) is 52.4 Å². The summed E-state index contributed by atoms with van der Waals surface area (Å²) in [5.41, 5.74) is 36.9. The highest BCUT2D eigenvalue weighted by atomic mass is 15.1. The summed E-state index contributed by atoms with van der Waals surface area (Å²) in [6.45, 7) is 12.1. The molecule has 22 rings (SSSR count). The first kappa shape index (κ1) is 88.0. The molecule has 6 heterocycles. The standard InChI is InChI=1S/C46H34N4.2C40H30N4/c1-31-21-27-41(32(2)47-31)35-22-24-37(25-23-35)45-48-44(36-17-10-5-11-18-36)49-46(50-45)40-20-12-19-39(29-40)42-28-26-38(33-13-6-3-7-14-33)30-43(42)34-15-8-4-9-16-34;1-27-23-24-34(28(2)41-27)39-42-38(32-21-13-6-14-22-32)43-40(44-39)37-35(30-17-9-4-10-18-30)25-33(29-15-7-3-8-16-29)26-36(37)31-19-11-5-12-20-31;1-27-24-35(25-28(2)41-27)40-43-38(32-16-10-5-11-17-32)42-39(44-40)33-20-18-31(19-21-33)36-23-22-34(29-12-6-3-7-13-29)26-37(36)30-14-8-4-9-15-30/h3-30H,1-2H3;2*3-26H,1-2H3. The lowest BCUT2D eigenvalue weighted by Gasteiger charge is -2.19. The molecule has 0 radical (unpaired) electrons. The van der Waals surface area contributed by atoms with Crippen LogP contribution in [-0.4, -0.2) is 59.8 Å². The highest BCUT2D eigenvalue weighted by molar-refractivity contribution is 5.97. The Kier molecular flexibility index (Phi) is 25.9. The minimum atomic E-state index is 0.601. The van der Waals surface area contributed by atoms with Crippen molar-refractivity contribution in [1.82, 2.24) is 59.8 Å². The van der Waals surface area contributed by atoms with Crippen molar-refractivity contribution < 1.29 is 0 Å². The molecular formula is C126H94N12. The van der Waals surface area contributed by atoms with Crippen molar-refractivity contribution in [3.63, 3.8) is 0 Å². The van der Waals surface area contributed by atoms with E-state index in [1.54, 1.807) is 0 Å². The maximum absolute atomic E-state index is 5.20. The molecule has 658 valence electrons. The van der Waals surface area contributed by atoms with Gasteiger partial charge in [-0.25, -0.2) is 44.9 Å². The summed E-state index contributed by atoms with van der Waals surface area (Å²) in [5, 5.41) is 0. The average molecular weight is 1780 g/mol. The molecule has 0 saturated heterocycles. The van der Waals surface area contributed by atoms with Crippen LogP contribution >= 0.6 is 0 Å². The second-order valence-corrected chi connectivity index (χ2v) is 34.1. The van der Waals surface area contributed by atoms with E-state index in [1.807, 2.05) is 162 Å². The zero-order valence-electron chi connectivity index (χ0n) is 77.2. The Balaban J connectivity index is 0.000000128. The lowest BCUT2D eigenvalue weighted by molar-refractivity contribution is 1.05. The molecular weight excluding hydrogens is 1680 g/mol. The fourth-order valence-corrected chi connectivity index (χ4v) is 17.6. The van der Waals surface area contributed by atoms with Crippen LogP contribution < -0.4 is 0 Å². The van der Waals surface area contributed by atoms with E-state index in [-0.39, 0.29) is 0 Å². The number of aryl methyl sites for hydroxylation is 6. The zero-order chi connectivity index (χ0) is 93.6. The summed E-state index contributed by atoms with van der Waals surface area (Å²) in [6.07, 6.45) is 0. The number of hydrogen-bond acceptors (Lipinski definition) is 12. The maximum Gasteiger partial charge on any atom is 0.165 e. The quantitative estimate of drug-likeness (QED) is 0.0757. The van der Waals surface area contributed by atoms with E-state index >= 15 is 0 Å². The van der Waals surface area contributed by atoms with Gasteiger partial charge in [0.1, 0.15) is 0 Å². The molecule has 0 saturated carbocycles. The van der Waals surface area contributed by atoms with Crippen LogP contribution in [0.1, 0.15) is 34.2 Å². The summed E-state index contributed by atoms with van der Waals surface area (Å²) in [5.74, 6) is 5.64. The number of pyridine rings is 3. The van der Waals surface area contributed by atoms with Gasteiger partial charge in [-0.3, -0.25) is 15.0 Å². The van der Waals surface area contributed by atoms with Crippen LogP contribution in [0.5, 0.6) is 0 Å². The molecule has 0 unspecified atom stereocenters. The fourth-order valence-electron chi connectivity index (χ4n) is 17.6. The van der Waals surface area contributed by atoms with Gasteiger partial charge in [-0.15, -0.1) is 0 Å². The first-order valence-electron chi connectivity index (χ1n) is 46.3. The Bertz CT molecular complexity index is 7970. The van der Waals surface area contributed by atoms with Gasteiger partial charge < -0.3 is 0 Å². The van der Waals surface area contributed by atoms with Gasteiger partial charge in [0.05, 0.1) is 0 Å². The second-order valence-electron chi connectivity index (χ2n) is 34.1. The Morgan fingerprint density at radius 1 is 0.109 bits per heavy atom. The second kappa shape index (κ2) is 40.6. The van der Waals surface area contributed by atoms with Gasteiger partial charge in [0, 0.05) is 89.8 Å². The first-order chi connectivity index (χ1) is 67.8. The largest absolute Gasteiger partial charge is 0.258 e. The van der Waals surface area contributed by atoms with Gasteiger partial charge in [0.25, 0.3) is 0 Å². The predicted molar refractivity (Wildman–Crippen MR) is 565 cm³/mol. The van der Waals surface area contributed by atoms with Crippen molar-refractivity contribution in [2.45, 2.75) is 41.5 Å². The van der Waals surface area contributed by atoms with Gasteiger partial charge in [0.2, 0.25) is 0 Å². The molecule has 12 nitrogen and oxygen atoms in total. The minimum absolute atomic E-state index is 0.601. The molecule has 0 aliphatic heterocycles. The van der Waals surface area contributed by atoms with E-state index in [0.717, 1.165) is 145 Å². The molecule has 0 N–H and O–H groups in total. The van der Waals surface area contributed by atoms with Crippen LogP contribution in [0.2, 0.25) is 0 Å². The van der Waals surface area contributed by atoms with Crippen molar-refractivity contribution in [2.24, 2.45) is 0 Å². The van der Waals surface area contributed by atoms with Crippen molar-refractivity contribution in [1.29, 1.82) is 0 Å². The van der Waals surface area contributed by atoms with E-state index in [1.165, 1.54) is 50.1 Å². The Labute approximate surface area is 804 Å². The number of benzene rings is 16. The molecule has 0 aliphatic carbocycles. The van der Waals surface area contributed by atoms with Crippen molar-refractivity contribution in [3.8, 4) is 214 Å². The van der Waals surface area contributed by atoms with Crippen molar-refractivity contribution in [2.75, 3.05) is 0 Å². The molecule has 0 amide bonds. The first-order valence-corrected chi connectivity index (χ1v) is 46.3. The van der Waals surface area contributed by atoms with E-state index in [9.17, 15) is 0 Å². The molecule has 16 aromatic carbocycles. The molecule has 12 heteroatoms. The van der Waals surface area contributed by atoms with Crippen LogP contribution in [0.15, 0.2) is 461 Å². The number of hydrogen-bond donors (Lipinski definition) is 0. The van der Waals surface area contributed by atoms with Crippen molar-refractivity contribution >= 4 is 0 Å². The van der Waals surface area contributed by atoms with Crippen LogP contribution in [0.25, 0.3) is 214 Å². The van der Waals surface area contributed by atoms with Crippen LogP contribution in [0, 0.1) is 41.5 Å². The molecule has 0 fully saturated rings. The predicted octanol–water partition coefficient (Wildman–Crippen LogP) is 31.3. The summed E-state index contributed by atoms with van der Waals surface area (Å²) in [6, 6.07) is 160. The van der Waals surface area contributed by atoms with Crippen LogP contribution in [0.4, 0.5) is 0 Å². The third-order valence-electron chi connectivity index (χ3n) is 24.4. The van der Waals surface area contributed by atoms with Crippen LogP contribution in [-0.2, 0) is 0 Å². The fraction of sp³-hybridized carbons (Fsp3) is 0.0476. The Hall–Kier alpha value is -18.0. The number of aromatic nitrogens is 12. The average Bonchev–Trinajstić information content (AvgIpc) is 0.760. The number of nitrogens with zero attached hydrogens (tertiary/aromatic N) is 12. The van der Waals surface area contributed by atoms with Gasteiger partial charge in [0.15, 0.2) is 52.4 Å². The van der Waals surface area contributed by atoms with Gasteiger partial charge in [-0.2, -0.15) is 0 Å². The van der Waals surface area contributed by atoms with Gasteiger partial charge in [-0.1, -0.05) is 400 Å². The topological polar surface area (TPSA) is 155 Å². The monoisotopic (exact) mass is 1770 g/mol. The van der Waals surface area contributed by atoms with E-state index in [2.05, 4.69) is 351 Å². The van der Waals surface area contributed by atoms with Crippen LogP contribution in [0.3, 0.4) is 0 Å². The molecule has 0 bridgehead atoms. The lowest BCUT2D eigenvalue weighted by atomic mass is 9.87. The van der Waals surface area contributed by atoms with Crippen molar-refractivity contribution in [3.05, 3.63) is 495 Å². The Morgan fingerprint density at radius 3 is 0.725 bits per heavy atom. The SMILES string of the molecule is Cc1cc(-c2nc(-c3ccccc3)nc(-c3ccc(-c4ccc(-c5ccccc5)cc4-c4ccccc4)cc3)n2)cc(C)n1.Cc1ccc(-c2ccc(-c3nc(-c4ccccc4)nc(-c4cccc(-c5ccc(-c6ccccc6)cc5-c5ccccc5)c4)n3)cc2)c(C)n1.Cc1ccc(-c2nc(-c3ccccc3)nc(-c3c(-c4ccccc4)cc(-c4ccccc4)cc3-c3ccccc3)n2)c(C)n1. The molecule has 0 spiro atoms.